The van der Waals surface area contributed by atoms with E-state index in [-0.39, 0.29) is 35.5 Å². The fourth-order valence-corrected chi connectivity index (χ4v) is 5.43. The highest BCUT2D eigenvalue weighted by molar-refractivity contribution is 5.74. The summed E-state index contributed by atoms with van der Waals surface area (Å²) in [6.45, 7) is 2.79. The molecule has 52 heavy (non-hydrogen) atoms. The second-order valence-electron chi connectivity index (χ2n) is 12.1. The first-order valence-corrected chi connectivity index (χ1v) is 17.1. The van der Waals surface area contributed by atoms with Gasteiger partial charge in [0.05, 0.1) is 11.6 Å². The summed E-state index contributed by atoms with van der Waals surface area (Å²) in [7, 11) is 0. The topological polar surface area (TPSA) is 76.4 Å². The van der Waals surface area contributed by atoms with Crippen molar-refractivity contribution in [1.82, 2.24) is 0 Å². The average Bonchev–Trinajstić information content (AvgIpc) is 3.14. The average molecular weight is 710 g/mol. The summed E-state index contributed by atoms with van der Waals surface area (Å²) in [5, 5.41) is 8.97. The number of allylic oxidation sites excluding steroid dienone is 4. The lowest BCUT2D eigenvalue weighted by atomic mass is 9.99. The molecule has 4 aromatic carbocycles. The monoisotopic (exact) mass is 709 g/mol. The van der Waals surface area contributed by atoms with Crippen LogP contribution in [0.5, 0.6) is 5.75 Å². The van der Waals surface area contributed by atoms with Gasteiger partial charge in [-0.05, 0) is 89.7 Å². The van der Waals surface area contributed by atoms with Crippen molar-refractivity contribution in [1.29, 1.82) is 5.26 Å². The summed E-state index contributed by atoms with van der Waals surface area (Å²) in [4.78, 5) is 24.6. The third-order valence-corrected chi connectivity index (χ3v) is 8.28. The molecule has 0 aromatic heterocycles. The largest absolute Gasteiger partial charge is 0.427 e. The minimum atomic E-state index is -0.870. The molecule has 9 heteroatoms. The second-order valence-corrected chi connectivity index (χ2v) is 12.1. The molecule has 0 amide bonds. The number of alkyl halides is 1. The van der Waals surface area contributed by atoms with Crippen LogP contribution in [0.3, 0.4) is 0 Å². The SMILES string of the molecule is C=C/C(=C\C=C(/CF)c1ccc(-c2ccc(C#N)cc2)c(F)c1)OC(=O)CCCCCCCCCC(=O)Oc1ccc(-c2ccc(F)cc2)c(F)c1. The fraction of sp³-hybridized carbons (Fsp3) is 0.233. The Morgan fingerprint density at radius 3 is 1.81 bits per heavy atom. The van der Waals surface area contributed by atoms with Crippen molar-refractivity contribution < 1.29 is 36.6 Å². The van der Waals surface area contributed by atoms with E-state index in [0.717, 1.165) is 38.2 Å². The summed E-state index contributed by atoms with van der Waals surface area (Å²) in [5.74, 6) is -2.14. The molecule has 268 valence electrons. The van der Waals surface area contributed by atoms with Crippen molar-refractivity contribution in [3.8, 4) is 34.1 Å². The molecule has 0 atom stereocenters. The Labute approximate surface area is 301 Å². The first-order chi connectivity index (χ1) is 25.2. The number of nitriles is 1. The smallest absolute Gasteiger partial charge is 0.311 e. The van der Waals surface area contributed by atoms with E-state index in [2.05, 4.69) is 6.58 Å². The van der Waals surface area contributed by atoms with Crippen LogP contribution in [-0.4, -0.2) is 18.6 Å². The molecule has 0 saturated heterocycles. The van der Waals surface area contributed by atoms with Gasteiger partial charge in [-0.1, -0.05) is 81.2 Å². The lowest BCUT2D eigenvalue weighted by Gasteiger charge is -2.08. The Hall–Kier alpha value is -5.75. The van der Waals surface area contributed by atoms with E-state index < -0.39 is 36.1 Å². The lowest BCUT2D eigenvalue weighted by Crippen LogP contribution is -2.07. The second kappa shape index (κ2) is 20.2. The highest BCUT2D eigenvalue weighted by Gasteiger charge is 2.12. The van der Waals surface area contributed by atoms with Gasteiger partial charge in [0.25, 0.3) is 0 Å². The first kappa shape index (κ1) is 39.0. The molecular formula is C43H39F4NO4. The Balaban J connectivity index is 1.11. The van der Waals surface area contributed by atoms with E-state index in [1.165, 1.54) is 60.7 Å². The molecule has 0 aliphatic rings. The van der Waals surface area contributed by atoms with Gasteiger partial charge in [-0.3, -0.25) is 9.59 Å². The van der Waals surface area contributed by atoms with Crippen LogP contribution in [-0.2, 0) is 14.3 Å². The summed E-state index contributed by atoms with van der Waals surface area (Å²) in [6.07, 6.45) is 10.3. The summed E-state index contributed by atoms with van der Waals surface area (Å²) in [5.41, 5.74) is 2.72. The number of benzene rings is 4. The highest BCUT2D eigenvalue weighted by atomic mass is 19.1. The maximum Gasteiger partial charge on any atom is 0.311 e. The van der Waals surface area contributed by atoms with Crippen molar-refractivity contribution in [3.05, 3.63) is 144 Å². The number of ether oxygens (including phenoxy) is 2. The number of carbonyl (C=O) groups is 2. The molecule has 0 bridgehead atoms. The normalized spacial score (nSPS) is 11.5. The minimum Gasteiger partial charge on any atom is -0.427 e. The fourth-order valence-electron chi connectivity index (χ4n) is 5.43. The molecule has 0 heterocycles. The number of unbranched alkanes of at least 4 members (excludes halogenated alkanes) is 6. The molecule has 0 radical (unpaired) electrons. The molecule has 0 aliphatic heterocycles. The van der Waals surface area contributed by atoms with Gasteiger partial charge in [0.1, 0.15) is 35.6 Å². The predicted octanol–water partition coefficient (Wildman–Crippen LogP) is 11.4. The Bertz CT molecular complexity index is 1940. The Morgan fingerprint density at radius 1 is 0.692 bits per heavy atom. The van der Waals surface area contributed by atoms with E-state index in [1.54, 1.807) is 36.4 Å². The number of hydrogen-bond acceptors (Lipinski definition) is 5. The predicted molar refractivity (Wildman–Crippen MR) is 194 cm³/mol. The van der Waals surface area contributed by atoms with Crippen LogP contribution < -0.4 is 4.74 Å². The van der Waals surface area contributed by atoms with Gasteiger partial charge < -0.3 is 9.47 Å². The van der Waals surface area contributed by atoms with E-state index >= 15 is 0 Å². The zero-order chi connectivity index (χ0) is 37.3. The van der Waals surface area contributed by atoms with Crippen molar-refractivity contribution in [2.45, 2.75) is 57.8 Å². The molecule has 0 unspecified atom stereocenters. The van der Waals surface area contributed by atoms with Gasteiger partial charge in [0, 0.05) is 30.0 Å². The molecule has 5 nitrogen and oxygen atoms in total. The standard InChI is InChI=1S/C43H39F4NO4/c1-2-36(22-18-34(28-44)33-19-24-38(40(46)26-33)31-14-12-30(29-48)13-15-31)51-42(49)10-8-6-4-3-5-7-9-11-43(50)52-37-23-25-39(41(47)27-37)32-16-20-35(45)21-17-32/h2,12-27H,1,3-11,28H2/b34-18+,36-22+. The van der Waals surface area contributed by atoms with Crippen LogP contribution in [0.25, 0.3) is 27.8 Å². The minimum absolute atomic E-state index is 0.114. The number of esters is 2. The summed E-state index contributed by atoms with van der Waals surface area (Å²) < 4.78 is 67.1. The quantitative estimate of drug-likeness (QED) is 0.0257. The van der Waals surface area contributed by atoms with E-state index in [1.807, 2.05) is 6.07 Å². The van der Waals surface area contributed by atoms with Crippen LogP contribution in [0.1, 0.15) is 68.9 Å². The van der Waals surface area contributed by atoms with Crippen LogP contribution in [0.4, 0.5) is 17.6 Å². The van der Waals surface area contributed by atoms with Crippen molar-refractivity contribution in [3.63, 3.8) is 0 Å². The van der Waals surface area contributed by atoms with Gasteiger partial charge in [0.2, 0.25) is 0 Å². The van der Waals surface area contributed by atoms with Gasteiger partial charge in [-0.2, -0.15) is 5.26 Å². The number of halogens is 4. The maximum atomic E-state index is 14.9. The molecule has 0 saturated carbocycles. The first-order valence-electron chi connectivity index (χ1n) is 17.1. The molecule has 4 aromatic rings. The third-order valence-electron chi connectivity index (χ3n) is 8.28. The highest BCUT2D eigenvalue weighted by Crippen LogP contribution is 2.28. The van der Waals surface area contributed by atoms with Crippen molar-refractivity contribution in [2.75, 3.05) is 6.67 Å². The van der Waals surface area contributed by atoms with Gasteiger partial charge >= 0.3 is 11.9 Å². The lowest BCUT2D eigenvalue weighted by molar-refractivity contribution is -0.139. The molecule has 0 spiro atoms. The molecular weight excluding hydrogens is 670 g/mol. The Morgan fingerprint density at radius 2 is 1.25 bits per heavy atom. The maximum absolute atomic E-state index is 14.9. The van der Waals surface area contributed by atoms with Crippen LogP contribution in [0.15, 0.2) is 115 Å². The molecule has 0 fully saturated rings. The number of hydrogen-bond donors (Lipinski definition) is 0. The van der Waals surface area contributed by atoms with E-state index in [9.17, 15) is 27.2 Å². The van der Waals surface area contributed by atoms with Crippen LogP contribution in [0.2, 0.25) is 0 Å². The Kier molecular flexibility index (Phi) is 15.2. The molecule has 0 aliphatic carbocycles. The zero-order valence-corrected chi connectivity index (χ0v) is 28.7. The summed E-state index contributed by atoms with van der Waals surface area (Å²) >= 11 is 0. The number of nitrogens with zero attached hydrogens (tertiary/aromatic N) is 1. The van der Waals surface area contributed by atoms with E-state index in [0.29, 0.717) is 40.7 Å². The molecule has 4 rings (SSSR count). The number of carbonyl (C=O) groups excluding carboxylic acids is 2. The van der Waals surface area contributed by atoms with Crippen LogP contribution in [0, 0.1) is 28.8 Å². The molecule has 0 N–H and O–H groups in total. The van der Waals surface area contributed by atoms with Gasteiger partial charge in [0.15, 0.2) is 0 Å². The van der Waals surface area contributed by atoms with E-state index in [4.69, 9.17) is 14.7 Å². The zero-order valence-electron chi connectivity index (χ0n) is 28.7. The number of rotatable bonds is 18. The third kappa shape index (κ3) is 11.9. The van der Waals surface area contributed by atoms with Crippen LogP contribution >= 0.6 is 0 Å². The van der Waals surface area contributed by atoms with Gasteiger partial charge in [-0.15, -0.1) is 0 Å². The van der Waals surface area contributed by atoms with Gasteiger partial charge in [-0.25, -0.2) is 17.6 Å². The van der Waals surface area contributed by atoms with Crippen molar-refractivity contribution >= 4 is 17.5 Å². The van der Waals surface area contributed by atoms with Crippen molar-refractivity contribution in [2.24, 2.45) is 0 Å². The summed E-state index contributed by atoms with van der Waals surface area (Å²) in [6, 6.07) is 22.5.